The highest BCUT2D eigenvalue weighted by Gasteiger charge is 2.22. The molecule has 2 aromatic carbocycles. The summed E-state index contributed by atoms with van der Waals surface area (Å²) in [7, 11) is 1.63. The van der Waals surface area contributed by atoms with Gasteiger partial charge in [0.1, 0.15) is 11.5 Å². The van der Waals surface area contributed by atoms with Crippen molar-refractivity contribution in [3.8, 4) is 5.75 Å². The molecule has 0 radical (unpaired) electrons. The van der Waals surface area contributed by atoms with Gasteiger partial charge in [0.2, 0.25) is 5.91 Å². The Labute approximate surface area is 173 Å². The number of amides is 1. The molecule has 2 heterocycles. The molecule has 0 spiro atoms. The van der Waals surface area contributed by atoms with Crippen molar-refractivity contribution in [1.82, 2.24) is 4.98 Å². The Balaban J connectivity index is 1.66. The van der Waals surface area contributed by atoms with E-state index in [0.29, 0.717) is 11.7 Å². The average molecular weight is 407 g/mol. The second kappa shape index (κ2) is 8.49. The number of carbonyl (C=O) groups is 1. The van der Waals surface area contributed by atoms with Crippen LogP contribution in [0.25, 0.3) is 10.2 Å². The van der Waals surface area contributed by atoms with Gasteiger partial charge in [0.25, 0.3) is 0 Å². The number of aromatic nitrogens is 1. The van der Waals surface area contributed by atoms with Crippen molar-refractivity contribution in [2.75, 3.05) is 12.0 Å². The third-order valence-corrected chi connectivity index (χ3v) is 5.86. The molecule has 0 saturated heterocycles. The Morgan fingerprint density at radius 3 is 2.66 bits per heavy atom. The van der Waals surface area contributed by atoms with Crippen LogP contribution < -0.4 is 9.64 Å². The SMILES string of the molecule is CCc1cccc2sc(N(Cc3ccco3)C(=O)Cc3ccc(OC)cc3)nc12. The van der Waals surface area contributed by atoms with Crippen LogP contribution in [0.15, 0.2) is 65.3 Å². The Hall–Kier alpha value is -3.12. The van der Waals surface area contributed by atoms with E-state index >= 15 is 0 Å². The number of hydrogen-bond acceptors (Lipinski definition) is 5. The maximum atomic E-state index is 13.2. The first-order valence-electron chi connectivity index (χ1n) is 9.52. The second-order valence-corrected chi connectivity index (χ2v) is 7.71. The summed E-state index contributed by atoms with van der Waals surface area (Å²) < 4.78 is 11.8. The standard InChI is InChI=1S/C23H22N2O3S/c1-3-17-6-4-8-20-22(17)24-23(29-20)25(15-19-7-5-13-28-19)21(26)14-16-9-11-18(27-2)12-10-16/h4-13H,3,14-15H2,1-2H3. The molecule has 0 fully saturated rings. The minimum Gasteiger partial charge on any atom is -0.497 e. The van der Waals surface area contributed by atoms with Crippen LogP contribution in [0, 0.1) is 0 Å². The van der Waals surface area contributed by atoms with Crippen LogP contribution in [-0.4, -0.2) is 18.0 Å². The summed E-state index contributed by atoms with van der Waals surface area (Å²) in [5.74, 6) is 1.47. The molecule has 0 atom stereocenters. The largest absolute Gasteiger partial charge is 0.497 e. The predicted octanol–water partition coefficient (Wildman–Crippen LogP) is 5.24. The van der Waals surface area contributed by atoms with Gasteiger partial charge in [0, 0.05) is 0 Å². The molecule has 0 bridgehead atoms. The first-order valence-corrected chi connectivity index (χ1v) is 10.3. The molecule has 4 rings (SSSR count). The summed E-state index contributed by atoms with van der Waals surface area (Å²) in [4.78, 5) is 19.8. The van der Waals surface area contributed by atoms with Crippen molar-refractivity contribution in [2.45, 2.75) is 26.3 Å². The van der Waals surface area contributed by atoms with Crippen LogP contribution in [0.4, 0.5) is 5.13 Å². The molecular weight excluding hydrogens is 384 g/mol. The van der Waals surface area contributed by atoms with E-state index < -0.39 is 0 Å². The minimum atomic E-state index is -0.0244. The third kappa shape index (κ3) is 4.17. The van der Waals surface area contributed by atoms with Crippen LogP contribution in [0.3, 0.4) is 0 Å². The normalized spacial score (nSPS) is 11.0. The van der Waals surface area contributed by atoms with E-state index in [2.05, 4.69) is 19.1 Å². The number of carbonyl (C=O) groups excluding carboxylic acids is 1. The van der Waals surface area contributed by atoms with Crippen LogP contribution in [0.5, 0.6) is 5.75 Å². The van der Waals surface area contributed by atoms with E-state index in [9.17, 15) is 4.79 Å². The molecule has 0 unspecified atom stereocenters. The molecule has 6 heteroatoms. The smallest absolute Gasteiger partial charge is 0.233 e. The molecule has 2 aromatic heterocycles. The van der Waals surface area contributed by atoms with Crippen molar-refractivity contribution in [2.24, 2.45) is 0 Å². The Morgan fingerprint density at radius 1 is 1.14 bits per heavy atom. The van der Waals surface area contributed by atoms with E-state index in [1.807, 2.05) is 42.5 Å². The lowest BCUT2D eigenvalue weighted by Crippen LogP contribution is -2.31. The number of aryl methyl sites for hydroxylation is 1. The maximum Gasteiger partial charge on any atom is 0.233 e. The first kappa shape index (κ1) is 19.2. The van der Waals surface area contributed by atoms with Gasteiger partial charge in [-0.05, 0) is 47.9 Å². The van der Waals surface area contributed by atoms with Crippen molar-refractivity contribution >= 4 is 32.6 Å². The van der Waals surface area contributed by atoms with Gasteiger partial charge in [0.05, 0.1) is 36.6 Å². The molecule has 1 amide bonds. The van der Waals surface area contributed by atoms with E-state index in [0.717, 1.165) is 33.7 Å². The summed E-state index contributed by atoms with van der Waals surface area (Å²) in [5, 5.41) is 0.691. The van der Waals surface area contributed by atoms with E-state index in [4.69, 9.17) is 14.1 Å². The average Bonchev–Trinajstić information content (AvgIpc) is 3.41. The van der Waals surface area contributed by atoms with Gasteiger partial charge in [-0.2, -0.15) is 0 Å². The molecule has 0 saturated carbocycles. The van der Waals surface area contributed by atoms with Gasteiger partial charge in [-0.1, -0.05) is 42.5 Å². The molecule has 148 valence electrons. The minimum absolute atomic E-state index is 0.0244. The quantitative estimate of drug-likeness (QED) is 0.421. The topological polar surface area (TPSA) is 55.6 Å². The van der Waals surface area contributed by atoms with Gasteiger partial charge in [-0.15, -0.1) is 0 Å². The number of benzene rings is 2. The Morgan fingerprint density at radius 2 is 1.97 bits per heavy atom. The number of para-hydroxylation sites is 1. The van der Waals surface area contributed by atoms with E-state index in [-0.39, 0.29) is 12.3 Å². The fourth-order valence-electron chi connectivity index (χ4n) is 3.23. The number of ether oxygens (including phenoxy) is 1. The van der Waals surface area contributed by atoms with E-state index in [1.165, 1.54) is 16.9 Å². The first-order chi connectivity index (χ1) is 14.2. The third-order valence-electron chi connectivity index (χ3n) is 4.81. The number of hydrogen-bond donors (Lipinski definition) is 0. The van der Waals surface area contributed by atoms with Crippen molar-refractivity contribution in [3.05, 3.63) is 77.7 Å². The van der Waals surface area contributed by atoms with E-state index in [1.54, 1.807) is 18.3 Å². The number of thiazole rings is 1. The molecule has 5 nitrogen and oxygen atoms in total. The second-order valence-electron chi connectivity index (χ2n) is 6.70. The summed E-state index contributed by atoms with van der Waals surface area (Å²) in [5.41, 5.74) is 3.08. The van der Waals surface area contributed by atoms with Crippen molar-refractivity contribution in [3.63, 3.8) is 0 Å². The fourth-order valence-corrected chi connectivity index (χ4v) is 4.26. The molecular formula is C23H22N2O3S. The monoisotopic (exact) mass is 406 g/mol. The van der Waals surface area contributed by atoms with Gasteiger partial charge < -0.3 is 9.15 Å². The lowest BCUT2D eigenvalue weighted by molar-refractivity contribution is -0.118. The van der Waals surface area contributed by atoms with Crippen LogP contribution in [0.2, 0.25) is 0 Å². The van der Waals surface area contributed by atoms with Crippen molar-refractivity contribution in [1.29, 1.82) is 0 Å². The van der Waals surface area contributed by atoms with Crippen molar-refractivity contribution < 1.29 is 13.9 Å². The highest BCUT2D eigenvalue weighted by molar-refractivity contribution is 7.22. The Kier molecular flexibility index (Phi) is 5.62. The van der Waals surface area contributed by atoms with Crippen LogP contribution in [-0.2, 0) is 24.2 Å². The maximum absolute atomic E-state index is 13.2. The number of fused-ring (bicyclic) bond motifs is 1. The number of methoxy groups -OCH3 is 1. The summed E-state index contributed by atoms with van der Waals surface area (Å²) in [6.07, 6.45) is 2.80. The number of anilines is 1. The lowest BCUT2D eigenvalue weighted by atomic mass is 10.1. The summed E-state index contributed by atoms with van der Waals surface area (Å²) in [6.45, 7) is 2.46. The number of furan rings is 1. The highest BCUT2D eigenvalue weighted by Crippen LogP contribution is 2.32. The number of rotatable bonds is 7. The molecule has 29 heavy (non-hydrogen) atoms. The molecule has 0 N–H and O–H groups in total. The highest BCUT2D eigenvalue weighted by atomic mass is 32.1. The predicted molar refractivity (Wildman–Crippen MR) is 116 cm³/mol. The van der Waals surface area contributed by atoms with Gasteiger partial charge in [0.15, 0.2) is 5.13 Å². The summed E-state index contributed by atoms with van der Waals surface area (Å²) in [6, 6.07) is 17.4. The number of nitrogens with zero attached hydrogens (tertiary/aromatic N) is 2. The zero-order valence-electron chi connectivity index (χ0n) is 16.4. The molecule has 0 aliphatic carbocycles. The zero-order valence-corrected chi connectivity index (χ0v) is 17.2. The van der Waals surface area contributed by atoms with Crippen LogP contribution in [0.1, 0.15) is 23.8 Å². The summed E-state index contributed by atoms with van der Waals surface area (Å²) >= 11 is 1.53. The molecule has 0 aliphatic rings. The molecule has 0 aliphatic heterocycles. The van der Waals surface area contributed by atoms with Gasteiger partial charge in [-0.3, -0.25) is 9.69 Å². The van der Waals surface area contributed by atoms with Gasteiger partial charge in [-0.25, -0.2) is 4.98 Å². The lowest BCUT2D eigenvalue weighted by Gasteiger charge is -2.19. The zero-order chi connectivity index (χ0) is 20.2. The molecule has 4 aromatic rings. The van der Waals surface area contributed by atoms with Crippen LogP contribution >= 0.6 is 11.3 Å². The van der Waals surface area contributed by atoms with Gasteiger partial charge >= 0.3 is 0 Å². The fraction of sp³-hybridized carbons (Fsp3) is 0.217. The Bertz CT molecular complexity index is 1100.